The van der Waals surface area contributed by atoms with Crippen LogP contribution >= 0.6 is 0 Å². The van der Waals surface area contributed by atoms with Crippen molar-refractivity contribution in [3.63, 3.8) is 0 Å². The first-order chi connectivity index (χ1) is 13.9. The van der Waals surface area contributed by atoms with Crippen LogP contribution in [0.1, 0.15) is 0 Å². The van der Waals surface area contributed by atoms with Crippen LogP contribution in [0.15, 0.2) is 59.8 Å². The summed E-state index contributed by atoms with van der Waals surface area (Å²) in [5, 5.41) is 0. The largest absolute Gasteiger partial charge is 0.382 e. The van der Waals surface area contributed by atoms with Crippen LogP contribution in [0, 0.1) is 11.7 Å². The molecule has 2 aromatic carbocycles. The number of benzene rings is 2. The third-order valence-corrected chi connectivity index (χ3v) is 6.89. The number of nitrogens with zero attached hydrogens (tertiary/aromatic N) is 3. The maximum absolute atomic E-state index is 14.7. The molecule has 3 aromatic rings. The highest BCUT2D eigenvalue weighted by Gasteiger charge is 2.38. The van der Waals surface area contributed by atoms with E-state index < -0.39 is 15.8 Å². The van der Waals surface area contributed by atoms with Gasteiger partial charge < -0.3 is 11.5 Å². The molecule has 0 spiro atoms. The highest BCUT2D eigenvalue weighted by molar-refractivity contribution is 7.89. The van der Waals surface area contributed by atoms with E-state index in [-0.39, 0.29) is 10.8 Å². The molecule has 0 saturated carbocycles. The monoisotopic (exact) mass is 413 g/mol. The first-order valence-electron chi connectivity index (χ1n) is 9.07. The van der Waals surface area contributed by atoms with Crippen molar-refractivity contribution in [3.05, 3.63) is 60.7 Å². The molecule has 1 aliphatic heterocycles. The van der Waals surface area contributed by atoms with Crippen molar-refractivity contribution < 1.29 is 12.8 Å². The maximum atomic E-state index is 14.7. The van der Waals surface area contributed by atoms with Gasteiger partial charge in [-0.15, -0.1) is 0 Å². The molecule has 0 unspecified atom stereocenters. The molecule has 1 aliphatic rings. The van der Waals surface area contributed by atoms with Gasteiger partial charge in [-0.2, -0.15) is 4.31 Å². The standard InChI is InChI=1S/C20H20FN5O2S/c21-17-3-1-2-16(20(17)29(27,28)26-11-13(8-22)12-26)14-4-6-15(7-5-14)18-9-25-19(23)10-24-18/h1-7,9-10,13H,8,11-12,22H2,(H2,23,25). The summed E-state index contributed by atoms with van der Waals surface area (Å²) in [5.41, 5.74) is 13.5. The number of nitrogen functional groups attached to an aromatic ring is 1. The van der Waals surface area contributed by atoms with Crippen molar-refractivity contribution in [2.45, 2.75) is 4.90 Å². The zero-order valence-electron chi connectivity index (χ0n) is 15.5. The number of nitrogens with two attached hydrogens (primary N) is 2. The lowest BCUT2D eigenvalue weighted by atomic mass is 10.0. The van der Waals surface area contributed by atoms with E-state index in [2.05, 4.69) is 9.97 Å². The molecule has 7 nitrogen and oxygen atoms in total. The van der Waals surface area contributed by atoms with E-state index in [1.54, 1.807) is 36.5 Å². The van der Waals surface area contributed by atoms with Crippen LogP contribution in [0.2, 0.25) is 0 Å². The Morgan fingerprint density at radius 3 is 2.34 bits per heavy atom. The smallest absolute Gasteiger partial charge is 0.246 e. The first kappa shape index (κ1) is 19.4. The van der Waals surface area contributed by atoms with Crippen LogP contribution in [0.4, 0.5) is 10.2 Å². The van der Waals surface area contributed by atoms with Crippen LogP contribution in [-0.2, 0) is 10.0 Å². The number of anilines is 1. The molecule has 9 heteroatoms. The number of halogens is 1. The summed E-state index contributed by atoms with van der Waals surface area (Å²) in [4.78, 5) is 7.92. The lowest BCUT2D eigenvalue weighted by molar-refractivity contribution is 0.207. The molecular formula is C20H20FN5O2S. The molecule has 0 aliphatic carbocycles. The Morgan fingerprint density at radius 1 is 1.03 bits per heavy atom. The van der Waals surface area contributed by atoms with Crippen LogP contribution in [-0.4, -0.2) is 42.3 Å². The minimum Gasteiger partial charge on any atom is -0.382 e. The topological polar surface area (TPSA) is 115 Å². The van der Waals surface area contributed by atoms with E-state index in [9.17, 15) is 12.8 Å². The Hall–Kier alpha value is -2.88. The summed E-state index contributed by atoms with van der Waals surface area (Å²) < 4.78 is 42.0. The average molecular weight is 413 g/mol. The Morgan fingerprint density at radius 2 is 1.72 bits per heavy atom. The van der Waals surface area contributed by atoms with Crippen molar-refractivity contribution in [1.82, 2.24) is 14.3 Å². The van der Waals surface area contributed by atoms with Crippen molar-refractivity contribution >= 4 is 15.8 Å². The fourth-order valence-corrected chi connectivity index (χ4v) is 5.15. The third-order valence-electron chi connectivity index (χ3n) is 4.99. The zero-order chi connectivity index (χ0) is 20.6. The highest BCUT2D eigenvalue weighted by Crippen LogP contribution is 2.35. The van der Waals surface area contributed by atoms with Crippen LogP contribution < -0.4 is 11.5 Å². The zero-order valence-corrected chi connectivity index (χ0v) is 16.3. The number of hydrogen-bond acceptors (Lipinski definition) is 6. The Labute approximate surface area is 168 Å². The van der Waals surface area contributed by atoms with Gasteiger partial charge in [0.1, 0.15) is 16.5 Å². The summed E-state index contributed by atoms with van der Waals surface area (Å²) >= 11 is 0. The van der Waals surface area contributed by atoms with E-state index in [4.69, 9.17) is 11.5 Å². The third kappa shape index (κ3) is 3.59. The first-order valence-corrected chi connectivity index (χ1v) is 10.5. The summed E-state index contributed by atoms with van der Waals surface area (Å²) in [5.74, 6) is -0.338. The fraction of sp³-hybridized carbons (Fsp3) is 0.200. The Kier molecular flexibility index (Phi) is 5.03. The molecule has 1 fully saturated rings. The minimum absolute atomic E-state index is 0.111. The minimum atomic E-state index is -3.96. The summed E-state index contributed by atoms with van der Waals surface area (Å²) in [6.07, 6.45) is 3.02. The van der Waals surface area contributed by atoms with Crippen molar-refractivity contribution in [2.24, 2.45) is 11.7 Å². The van der Waals surface area contributed by atoms with Crippen molar-refractivity contribution in [1.29, 1.82) is 0 Å². The van der Waals surface area contributed by atoms with Crippen LogP contribution in [0.25, 0.3) is 22.4 Å². The second kappa shape index (κ2) is 7.51. The average Bonchev–Trinajstić information content (AvgIpc) is 2.67. The molecule has 1 aromatic heterocycles. The highest BCUT2D eigenvalue weighted by atomic mass is 32.2. The molecule has 29 heavy (non-hydrogen) atoms. The Bertz CT molecular complexity index is 1130. The van der Waals surface area contributed by atoms with Gasteiger partial charge in [-0.1, -0.05) is 36.4 Å². The van der Waals surface area contributed by atoms with Gasteiger partial charge in [-0.3, -0.25) is 4.98 Å². The molecule has 1 saturated heterocycles. The predicted molar refractivity (Wildman–Crippen MR) is 109 cm³/mol. The molecule has 0 atom stereocenters. The van der Waals surface area contributed by atoms with E-state index in [0.29, 0.717) is 42.3 Å². The quantitative estimate of drug-likeness (QED) is 0.662. The fourth-order valence-electron chi connectivity index (χ4n) is 3.30. The molecule has 150 valence electrons. The number of hydrogen-bond donors (Lipinski definition) is 2. The lowest BCUT2D eigenvalue weighted by Gasteiger charge is -2.37. The van der Waals surface area contributed by atoms with Gasteiger partial charge >= 0.3 is 0 Å². The molecule has 0 bridgehead atoms. The molecule has 0 radical (unpaired) electrons. The van der Waals surface area contributed by atoms with Gasteiger partial charge in [-0.25, -0.2) is 17.8 Å². The molecular weight excluding hydrogens is 393 g/mol. The summed E-state index contributed by atoms with van der Waals surface area (Å²) in [7, 11) is -3.96. The maximum Gasteiger partial charge on any atom is 0.246 e. The SMILES string of the molecule is NCC1CN(S(=O)(=O)c2c(F)cccc2-c2ccc(-c3cnc(N)cn3)cc2)C1. The second-order valence-electron chi connectivity index (χ2n) is 6.94. The number of sulfonamides is 1. The number of aromatic nitrogens is 2. The molecule has 4 N–H and O–H groups in total. The van der Waals surface area contributed by atoms with E-state index in [1.165, 1.54) is 16.6 Å². The van der Waals surface area contributed by atoms with Crippen molar-refractivity contribution in [3.8, 4) is 22.4 Å². The van der Waals surface area contributed by atoms with Gasteiger partial charge in [0.2, 0.25) is 10.0 Å². The van der Waals surface area contributed by atoms with E-state index >= 15 is 0 Å². The Balaban J connectivity index is 1.71. The second-order valence-corrected chi connectivity index (χ2v) is 8.82. The predicted octanol–water partition coefficient (Wildman–Crippen LogP) is 2.11. The molecule has 4 rings (SSSR count). The summed E-state index contributed by atoms with van der Waals surface area (Å²) in [6.45, 7) is 1.02. The van der Waals surface area contributed by atoms with E-state index in [1.807, 2.05) is 0 Å². The summed E-state index contributed by atoms with van der Waals surface area (Å²) in [6, 6.07) is 11.3. The van der Waals surface area contributed by atoms with Crippen LogP contribution in [0.5, 0.6) is 0 Å². The van der Waals surface area contributed by atoms with Gasteiger partial charge in [-0.05, 0) is 24.1 Å². The lowest BCUT2D eigenvalue weighted by Crippen LogP contribution is -2.52. The number of rotatable bonds is 5. The normalized spacial score (nSPS) is 15.2. The van der Waals surface area contributed by atoms with E-state index in [0.717, 1.165) is 11.6 Å². The van der Waals surface area contributed by atoms with Crippen LogP contribution in [0.3, 0.4) is 0 Å². The van der Waals surface area contributed by atoms with Gasteiger partial charge in [0, 0.05) is 24.2 Å². The molecule has 0 amide bonds. The van der Waals surface area contributed by atoms with Gasteiger partial charge in [0.05, 0.1) is 18.1 Å². The molecule has 2 heterocycles. The van der Waals surface area contributed by atoms with Gasteiger partial charge in [0.25, 0.3) is 0 Å². The van der Waals surface area contributed by atoms with Gasteiger partial charge in [0.15, 0.2) is 0 Å². The van der Waals surface area contributed by atoms with Crippen molar-refractivity contribution in [2.75, 3.05) is 25.4 Å².